The number of carboxylic acids is 1. The quantitative estimate of drug-likeness (QED) is 0.610. The SMILES string of the molecule is O=C(O)c1cc(F)cc(Cl)c1[N+](=O)[O-]. The van der Waals surface area contributed by atoms with E-state index in [2.05, 4.69) is 0 Å². The average Bonchev–Trinajstić information content (AvgIpc) is 2.01. The molecule has 1 N–H and O–H groups in total. The van der Waals surface area contributed by atoms with E-state index >= 15 is 0 Å². The topological polar surface area (TPSA) is 80.4 Å². The Morgan fingerprint density at radius 1 is 1.57 bits per heavy atom. The summed E-state index contributed by atoms with van der Waals surface area (Å²) in [5, 5.41) is 18.4. The van der Waals surface area contributed by atoms with Gasteiger partial charge >= 0.3 is 11.7 Å². The van der Waals surface area contributed by atoms with Gasteiger partial charge < -0.3 is 5.11 Å². The van der Waals surface area contributed by atoms with Gasteiger partial charge in [0.1, 0.15) is 16.4 Å². The second kappa shape index (κ2) is 3.59. The number of hydrogen-bond acceptors (Lipinski definition) is 3. The van der Waals surface area contributed by atoms with E-state index in [0.717, 1.165) is 0 Å². The number of rotatable bonds is 2. The number of nitrogens with zero attached hydrogens (tertiary/aromatic N) is 1. The number of benzene rings is 1. The zero-order valence-corrected chi connectivity index (χ0v) is 7.29. The van der Waals surface area contributed by atoms with E-state index in [1.165, 1.54) is 0 Å². The zero-order chi connectivity index (χ0) is 10.9. The lowest BCUT2D eigenvalue weighted by Crippen LogP contribution is -2.04. The van der Waals surface area contributed by atoms with Crippen molar-refractivity contribution in [3.8, 4) is 0 Å². The molecule has 0 heterocycles. The number of nitro benzene ring substituents is 1. The van der Waals surface area contributed by atoms with E-state index < -0.39 is 33.0 Å². The van der Waals surface area contributed by atoms with Crippen LogP contribution in [0.2, 0.25) is 5.02 Å². The molecule has 0 saturated heterocycles. The minimum atomic E-state index is -1.60. The molecule has 0 aliphatic heterocycles. The molecule has 0 radical (unpaired) electrons. The Bertz CT molecular complexity index is 420. The maximum absolute atomic E-state index is 12.7. The largest absolute Gasteiger partial charge is 0.477 e. The highest BCUT2D eigenvalue weighted by atomic mass is 35.5. The smallest absolute Gasteiger partial charge is 0.342 e. The maximum Gasteiger partial charge on any atom is 0.342 e. The van der Waals surface area contributed by atoms with Gasteiger partial charge in [0.15, 0.2) is 0 Å². The summed E-state index contributed by atoms with van der Waals surface area (Å²) in [5.41, 5.74) is -1.57. The van der Waals surface area contributed by atoms with Crippen LogP contribution in [0.3, 0.4) is 0 Å². The van der Waals surface area contributed by atoms with Gasteiger partial charge in [-0.25, -0.2) is 9.18 Å². The third-order valence-corrected chi connectivity index (χ3v) is 1.73. The van der Waals surface area contributed by atoms with Crippen LogP contribution in [-0.4, -0.2) is 16.0 Å². The highest BCUT2D eigenvalue weighted by Crippen LogP contribution is 2.29. The van der Waals surface area contributed by atoms with Crippen LogP contribution >= 0.6 is 11.6 Å². The van der Waals surface area contributed by atoms with Crippen molar-refractivity contribution in [2.45, 2.75) is 0 Å². The molecule has 0 aliphatic carbocycles. The molecule has 0 aromatic heterocycles. The molecule has 0 bridgehead atoms. The molecule has 0 unspecified atom stereocenters. The van der Waals surface area contributed by atoms with E-state index in [4.69, 9.17) is 16.7 Å². The fourth-order valence-corrected chi connectivity index (χ4v) is 1.19. The minimum Gasteiger partial charge on any atom is -0.477 e. The fourth-order valence-electron chi connectivity index (χ4n) is 0.915. The molecule has 1 rings (SSSR count). The Labute approximate surface area is 81.9 Å². The lowest BCUT2D eigenvalue weighted by atomic mass is 10.2. The van der Waals surface area contributed by atoms with Gasteiger partial charge in [0.2, 0.25) is 0 Å². The molecule has 74 valence electrons. The molecule has 0 saturated carbocycles. The number of hydrogen-bond donors (Lipinski definition) is 1. The molecular formula is C7H3ClFNO4. The summed E-state index contributed by atoms with van der Waals surface area (Å²) in [5.74, 6) is -2.53. The van der Waals surface area contributed by atoms with Crippen LogP contribution in [0.4, 0.5) is 10.1 Å². The third kappa shape index (κ3) is 1.80. The number of halogens is 2. The summed E-state index contributed by atoms with van der Waals surface area (Å²) in [4.78, 5) is 19.9. The average molecular weight is 220 g/mol. The highest BCUT2D eigenvalue weighted by Gasteiger charge is 2.24. The maximum atomic E-state index is 12.7. The van der Waals surface area contributed by atoms with Crippen LogP contribution < -0.4 is 0 Å². The summed E-state index contributed by atoms with van der Waals surface area (Å²) in [7, 11) is 0. The van der Waals surface area contributed by atoms with Crippen molar-refractivity contribution < 1.29 is 19.2 Å². The van der Waals surface area contributed by atoms with Gasteiger partial charge in [-0.15, -0.1) is 0 Å². The Balaban J connectivity index is 3.52. The lowest BCUT2D eigenvalue weighted by Gasteiger charge is -1.99. The first-order valence-corrected chi connectivity index (χ1v) is 3.68. The molecule has 14 heavy (non-hydrogen) atoms. The van der Waals surface area contributed by atoms with Crippen LogP contribution in [0.1, 0.15) is 10.4 Å². The van der Waals surface area contributed by atoms with Crippen molar-refractivity contribution in [1.29, 1.82) is 0 Å². The van der Waals surface area contributed by atoms with Crippen molar-refractivity contribution in [2.24, 2.45) is 0 Å². The molecule has 0 spiro atoms. The molecule has 0 fully saturated rings. The van der Waals surface area contributed by atoms with E-state index in [9.17, 15) is 19.3 Å². The number of carbonyl (C=O) groups is 1. The van der Waals surface area contributed by atoms with Crippen molar-refractivity contribution >= 4 is 23.3 Å². The second-order valence-electron chi connectivity index (χ2n) is 2.35. The Morgan fingerprint density at radius 3 is 2.57 bits per heavy atom. The lowest BCUT2D eigenvalue weighted by molar-refractivity contribution is -0.385. The van der Waals surface area contributed by atoms with Gasteiger partial charge in [-0.1, -0.05) is 11.6 Å². The number of aromatic carboxylic acids is 1. The van der Waals surface area contributed by atoms with Gasteiger partial charge in [-0.05, 0) is 12.1 Å². The van der Waals surface area contributed by atoms with Crippen molar-refractivity contribution in [2.75, 3.05) is 0 Å². The van der Waals surface area contributed by atoms with Crippen LogP contribution in [-0.2, 0) is 0 Å². The zero-order valence-electron chi connectivity index (χ0n) is 6.53. The van der Waals surface area contributed by atoms with Gasteiger partial charge in [-0.2, -0.15) is 0 Å². The molecule has 0 aliphatic rings. The Hall–Kier alpha value is -1.69. The fraction of sp³-hybridized carbons (Fsp3) is 0. The molecular weight excluding hydrogens is 217 g/mol. The summed E-state index contributed by atoms with van der Waals surface area (Å²) >= 11 is 5.33. The van der Waals surface area contributed by atoms with E-state index in [-0.39, 0.29) is 0 Å². The van der Waals surface area contributed by atoms with Crippen LogP contribution in [0.15, 0.2) is 12.1 Å². The molecule has 1 aromatic carbocycles. The van der Waals surface area contributed by atoms with Crippen molar-refractivity contribution in [3.63, 3.8) is 0 Å². The van der Waals surface area contributed by atoms with E-state index in [1.807, 2.05) is 0 Å². The predicted octanol–water partition coefficient (Wildman–Crippen LogP) is 2.09. The summed E-state index contributed by atoms with van der Waals surface area (Å²) in [6.07, 6.45) is 0. The first-order valence-electron chi connectivity index (χ1n) is 3.30. The van der Waals surface area contributed by atoms with Gasteiger partial charge in [-0.3, -0.25) is 10.1 Å². The van der Waals surface area contributed by atoms with Gasteiger partial charge in [0, 0.05) is 0 Å². The predicted molar refractivity (Wildman–Crippen MR) is 45.0 cm³/mol. The van der Waals surface area contributed by atoms with Crippen LogP contribution in [0.5, 0.6) is 0 Å². The Morgan fingerprint density at radius 2 is 2.14 bits per heavy atom. The second-order valence-corrected chi connectivity index (χ2v) is 2.75. The van der Waals surface area contributed by atoms with Crippen LogP contribution in [0.25, 0.3) is 0 Å². The summed E-state index contributed by atoms with van der Waals surface area (Å²) in [6, 6.07) is 1.23. The van der Waals surface area contributed by atoms with Gasteiger partial charge in [0.05, 0.1) is 4.92 Å². The first-order chi connectivity index (χ1) is 6.43. The van der Waals surface area contributed by atoms with E-state index in [1.54, 1.807) is 0 Å². The first kappa shape index (κ1) is 10.4. The monoisotopic (exact) mass is 219 g/mol. The van der Waals surface area contributed by atoms with Crippen molar-refractivity contribution in [1.82, 2.24) is 0 Å². The molecule has 5 nitrogen and oxygen atoms in total. The molecule has 1 aromatic rings. The molecule has 0 amide bonds. The summed E-state index contributed by atoms with van der Waals surface area (Å²) in [6.45, 7) is 0. The number of carboxylic acid groups (broad SMARTS) is 1. The van der Waals surface area contributed by atoms with Crippen LogP contribution in [0, 0.1) is 15.9 Å². The van der Waals surface area contributed by atoms with Gasteiger partial charge in [0.25, 0.3) is 0 Å². The standard InChI is InChI=1S/C7H3ClFNO4/c8-5-2-3(9)1-4(7(11)12)6(5)10(13)14/h1-2H,(H,11,12). The summed E-state index contributed by atoms with van der Waals surface area (Å²) < 4.78 is 12.7. The molecule has 7 heteroatoms. The van der Waals surface area contributed by atoms with E-state index in [0.29, 0.717) is 12.1 Å². The molecule has 0 atom stereocenters. The number of nitro groups is 1. The Kier molecular flexibility index (Phi) is 2.66. The van der Waals surface area contributed by atoms with Crippen molar-refractivity contribution in [3.05, 3.63) is 38.7 Å². The third-order valence-electron chi connectivity index (χ3n) is 1.44. The highest BCUT2D eigenvalue weighted by molar-refractivity contribution is 6.33. The normalized spacial score (nSPS) is 9.86. The minimum absolute atomic E-state index is 0.535.